The minimum Gasteiger partial charge on any atom is -0.495 e. The monoisotopic (exact) mass is 267 g/mol. The first kappa shape index (κ1) is 13.4. The zero-order valence-corrected chi connectivity index (χ0v) is 10.6. The van der Waals surface area contributed by atoms with Gasteiger partial charge in [-0.2, -0.15) is 10.5 Å². The Morgan fingerprint density at radius 1 is 1.15 bits per heavy atom. The maximum atomic E-state index is 13.4. The van der Waals surface area contributed by atoms with Gasteiger partial charge in [-0.1, -0.05) is 6.07 Å². The zero-order valence-electron chi connectivity index (χ0n) is 10.6. The van der Waals surface area contributed by atoms with Gasteiger partial charge in [0.2, 0.25) is 0 Å². The summed E-state index contributed by atoms with van der Waals surface area (Å²) in [7, 11) is 1.48. The molecule has 1 N–H and O–H groups in total. The number of nitriles is 2. The number of rotatable bonds is 3. The molecule has 0 aromatic heterocycles. The number of hydrogen-bond acceptors (Lipinski definition) is 4. The molecule has 0 saturated heterocycles. The Hall–Kier alpha value is -3.05. The van der Waals surface area contributed by atoms with Crippen molar-refractivity contribution in [3.63, 3.8) is 0 Å². The van der Waals surface area contributed by atoms with Gasteiger partial charge in [0, 0.05) is 5.69 Å². The van der Waals surface area contributed by atoms with E-state index < -0.39 is 5.82 Å². The van der Waals surface area contributed by atoms with Gasteiger partial charge in [0.1, 0.15) is 17.6 Å². The van der Waals surface area contributed by atoms with E-state index in [1.54, 1.807) is 18.2 Å². The van der Waals surface area contributed by atoms with E-state index in [0.29, 0.717) is 22.7 Å². The number of methoxy groups -OCH3 is 1. The van der Waals surface area contributed by atoms with E-state index in [9.17, 15) is 4.39 Å². The minimum absolute atomic E-state index is 0.195. The van der Waals surface area contributed by atoms with Gasteiger partial charge in [-0.05, 0) is 30.3 Å². The van der Waals surface area contributed by atoms with Gasteiger partial charge in [0.25, 0.3) is 0 Å². The van der Waals surface area contributed by atoms with Crippen LogP contribution in [0.2, 0.25) is 0 Å². The second-order valence-corrected chi connectivity index (χ2v) is 3.96. The Balaban J connectivity index is 2.48. The lowest BCUT2D eigenvalue weighted by Crippen LogP contribution is -1.98. The average molecular weight is 267 g/mol. The standard InChI is InChI=1S/C15H10FN3O/c1-20-14-4-2-3-11(9-18)15(14)19-13-6-10(8-17)5-12(16)7-13/h2-7,19H,1H3. The smallest absolute Gasteiger partial charge is 0.143 e. The largest absolute Gasteiger partial charge is 0.495 e. The Morgan fingerprint density at radius 2 is 1.95 bits per heavy atom. The number of para-hydroxylation sites is 1. The molecule has 2 aromatic rings. The van der Waals surface area contributed by atoms with Crippen LogP contribution in [0.4, 0.5) is 15.8 Å². The molecule has 5 heteroatoms. The number of nitrogens with zero attached hydrogens (tertiary/aromatic N) is 2. The Bertz CT molecular complexity index is 729. The molecule has 0 spiro atoms. The molecule has 0 saturated carbocycles. The van der Waals surface area contributed by atoms with Crippen molar-refractivity contribution in [1.82, 2.24) is 0 Å². The van der Waals surface area contributed by atoms with Crippen molar-refractivity contribution in [2.45, 2.75) is 0 Å². The average Bonchev–Trinajstić information content (AvgIpc) is 2.46. The molecule has 0 atom stereocenters. The molecule has 2 aromatic carbocycles. The van der Waals surface area contributed by atoms with E-state index in [0.717, 1.165) is 6.07 Å². The zero-order chi connectivity index (χ0) is 14.5. The Kier molecular flexibility index (Phi) is 3.83. The summed E-state index contributed by atoms with van der Waals surface area (Å²) < 4.78 is 18.6. The van der Waals surface area contributed by atoms with Crippen molar-refractivity contribution in [1.29, 1.82) is 10.5 Å². The van der Waals surface area contributed by atoms with Gasteiger partial charge in [0.15, 0.2) is 0 Å². The Labute approximate surface area is 115 Å². The molecule has 0 bridgehead atoms. The van der Waals surface area contributed by atoms with Gasteiger partial charge in [-0.3, -0.25) is 0 Å². The van der Waals surface area contributed by atoms with Gasteiger partial charge < -0.3 is 10.1 Å². The predicted molar refractivity (Wildman–Crippen MR) is 72.1 cm³/mol. The molecule has 20 heavy (non-hydrogen) atoms. The van der Waals surface area contributed by atoms with E-state index >= 15 is 0 Å². The summed E-state index contributed by atoms with van der Waals surface area (Å²) in [6.45, 7) is 0. The fraction of sp³-hybridized carbons (Fsp3) is 0.0667. The predicted octanol–water partition coefficient (Wildman–Crippen LogP) is 3.32. The van der Waals surface area contributed by atoms with Gasteiger partial charge >= 0.3 is 0 Å². The van der Waals surface area contributed by atoms with Gasteiger partial charge in [-0.15, -0.1) is 0 Å². The molecule has 0 aliphatic heterocycles. The number of nitrogens with one attached hydrogen (secondary N) is 1. The summed E-state index contributed by atoms with van der Waals surface area (Å²) in [6.07, 6.45) is 0. The van der Waals surface area contributed by atoms with Crippen LogP contribution in [0, 0.1) is 28.5 Å². The van der Waals surface area contributed by atoms with Crippen LogP contribution in [-0.4, -0.2) is 7.11 Å². The molecule has 0 radical (unpaired) electrons. The summed E-state index contributed by atoms with van der Waals surface area (Å²) in [5.41, 5.74) is 1.38. The number of halogens is 1. The molecular formula is C15H10FN3O. The normalized spacial score (nSPS) is 9.40. The van der Waals surface area contributed by atoms with Gasteiger partial charge in [0.05, 0.1) is 30.0 Å². The van der Waals surface area contributed by atoms with Crippen molar-refractivity contribution in [2.24, 2.45) is 0 Å². The number of benzene rings is 2. The molecule has 0 aliphatic rings. The van der Waals surface area contributed by atoms with Crippen LogP contribution in [0.15, 0.2) is 36.4 Å². The molecule has 0 amide bonds. The third-order valence-electron chi connectivity index (χ3n) is 2.66. The fourth-order valence-corrected chi connectivity index (χ4v) is 1.79. The first-order valence-corrected chi connectivity index (χ1v) is 5.72. The first-order valence-electron chi connectivity index (χ1n) is 5.72. The molecule has 2 rings (SSSR count). The molecule has 0 fully saturated rings. The first-order chi connectivity index (χ1) is 9.67. The van der Waals surface area contributed by atoms with Crippen LogP contribution in [0.3, 0.4) is 0 Å². The second-order valence-electron chi connectivity index (χ2n) is 3.96. The van der Waals surface area contributed by atoms with E-state index in [-0.39, 0.29) is 5.56 Å². The van der Waals surface area contributed by atoms with E-state index in [1.165, 1.54) is 19.2 Å². The van der Waals surface area contributed by atoms with Crippen LogP contribution in [-0.2, 0) is 0 Å². The number of ether oxygens (including phenoxy) is 1. The van der Waals surface area contributed by atoms with Crippen molar-refractivity contribution >= 4 is 11.4 Å². The lowest BCUT2D eigenvalue weighted by atomic mass is 10.1. The third-order valence-corrected chi connectivity index (χ3v) is 2.66. The molecule has 4 nitrogen and oxygen atoms in total. The lowest BCUT2D eigenvalue weighted by molar-refractivity contribution is 0.416. The minimum atomic E-state index is -0.528. The molecule has 0 heterocycles. The number of hydrogen-bond donors (Lipinski definition) is 1. The highest BCUT2D eigenvalue weighted by molar-refractivity contribution is 5.73. The van der Waals surface area contributed by atoms with Crippen molar-refractivity contribution < 1.29 is 9.13 Å². The highest BCUT2D eigenvalue weighted by Gasteiger charge is 2.10. The van der Waals surface area contributed by atoms with Crippen LogP contribution < -0.4 is 10.1 Å². The topological polar surface area (TPSA) is 68.8 Å². The van der Waals surface area contributed by atoms with Crippen LogP contribution in [0.25, 0.3) is 0 Å². The molecule has 0 unspecified atom stereocenters. The quantitative estimate of drug-likeness (QED) is 0.926. The summed E-state index contributed by atoms with van der Waals surface area (Å²) >= 11 is 0. The maximum Gasteiger partial charge on any atom is 0.143 e. The summed E-state index contributed by atoms with van der Waals surface area (Å²) in [6, 6.07) is 12.8. The molecular weight excluding hydrogens is 257 g/mol. The summed E-state index contributed by atoms with van der Waals surface area (Å²) in [5, 5.41) is 20.9. The number of anilines is 2. The second kappa shape index (κ2) is 5.73. The molecule has 0 aliphatic carbocycles. The van der Waals surface area contributed by atoms with Gasteiger partial charge in [-0.25, -0.2) is 4.39 Å². The van der Waals surface area contributed by atoms with Crippen LogP contribution in [0.1, 0.15) is 11.1 Å². The maximum absolute atomic E-state index is 13.4. The van der Waals surface area contributed by atoms with Crippen molar-refractivity contribution in [3.05, 3.63) is 53.3 Å². The van der Waals surface area contributed by atoms with E-state index in [2.05, 4.69) is 5.32 Å². The van der Waals surface area contributed by atoms with Crippen LogP contribution in [0.5, 0.6) is 5.75 Å². The van der Waals surface area contributed by atoms with E-state index in [4.69, 9.17) is 15.3 Å². The van der Waals surface area contributed by atoms with Crippen molar-refractivity contribution in [2.75, 3.05) is 12.4 Å². The highest BCUT2D eigenvalue weighted by Crippen LogP contribution is 2.31. The fourth-order valence-electron chi connectivity index (χ4n) is 1.79. The van der Waals surface area contributed by atoms with Crippen LogP contribution >= 0.6 is 0 Å². The summed E-state index contributed by atoms with van der Waals surface area (Å²) in [4.78, 5) is 0. The lowest BCUT2D eigenvalue weighted by Gasteiger charge is -2.13. The highest BCUT2D eigenvalue weighted by atomic mass is 19.1. The molecule has 98 valence electrons. The summed E-state index contributed by atoms with van der Waals surface area (Å²) in [5.74, 6) is -0.0632. The SMILES string of the molecule is COc1cccc(C#N)c1Nc1cc(F)cc(C#N)c1. The van der Waals surface area contributed by atoms with E-state index in [1.807, 2.05) is 12.1 Å². The third kappa shape index (κ3) is 2.68. The Morgan fingerprint density at radius 3 is 2.60 bits per heavy atom. The van der Waals surface area contributed by atoms with Crippen molar-refractivity contribution in [3.8, 4) is 17.9 Å².